The van der Waals surface area contributed by atoms with Gasteiger partial charge in [-0.2, -0.15) is 5.10 Å². The molecule has 0 bridgehead atoms. The van der Waals surface area contributed by atoms with E-state index in [1.54, 1.807) is 17.3 Å². The fraction of sp³-hybridized carbons (Fsp3) is 0.174. The van der Waals surface area contributed by atoms with Crippen molar-refractivity contribution in [2.24, 2.45) is 5.10 Å². The molecule has 28 heavy (non-hydrogen) atoms. The summed E-state index contributed by atoms with van der Waals surface area (Å²) in [4.78, 5) is 18.8. The lowest BCUT2D eigenvalue weighted by atomic mass is 10.0. The number of pyridine rings is 1. The summed E-state index contributed by atoms with van der Waals surface area (Å²) in [5.41, 5.74) is 3.75. The van der Waals surface area contributed by atoms with Crippen molar-refractivity contribution in [2.75, 3.05) is 12.1 Å². The second-order valence-electron chi connectivity index (χ2n) is 6.87. The van der Waals surface area contributed by atoms with Gasteiger partial charge >= 0.3 is 0 Å². The highest BCUT2D eigenvalue weighted by Crippen LogP contribution is 2.35. The first-order valence-corrected chi connectivity index (χ1v) is 9.33. The van der Waals surface area contributed by atoms with E-state index in [1.807, 2.05) is 72.7 Å². The number of aromatic nitrogens is 1. The number of benzene rings is 2. The number of amides is 1. The Bertz CT molecular complexity index is 958. The molecular weight excluding hydrogens is 348 g/mol. The number of hydrogen-bond acceptors (Lipinski definition) is 4. The molecule has 1 atom stereocenters. The number of para-hydroxylation sites is 1. The summed E-state index contributed by atoms with van der Waals surface area (Å²) in [6, 6.07) is 24.1. The van der Waals surface area contributed by atoms with E-state index < -0.39 is 0 Å². The van der Waals surface area contributed by atoms with E-state index in [0.717, 1.165) is 16.8 Å². The molecule has 0 saturated carbocycles. The van der Waals surface area contributed by atoms with E-state index >= 15 is 0 Å². The molecule has 0 fully saturated rings. The maximum Gasteiger partial charge on any atom is 0.270 e. The molecule has 0 spiro atoms. The van der Waals surface area contributed by atoms with Gasteiger partial charge in [-0.3, -0.25) is 14.8 Å². The van der Waals surface area contributed by atoms with Crippen LogP contribution in [0.2, 0.25) is 0 Å². The molecule has 2 heterocycles. The van der Waals surface area contributed by atoms with Gasteiger partial charge < -0.3 is 4.90 Å². The zero-order valence-corrected chi connectivity index (χ0v) is 15.8. The van der Waals surface area contributed by atoms with E-state index in [9.17, 15) is 4.79 Å². The minimum atomic E-state index is -0.0452. The first kappa shape index (κ1) is 17.9. The first-order valence-electron chi connectivity index (χ1n) is 9.33. The monoisotopic (exact) mass is 370 g/mol. The fourth-order valence-corrected chi connectivity index (χ4v) is 3.45. The quantitative estimate of drug-likeness (QED) is 0.681. The van der Waals surface area contributed by atoms with Crippen molar-refractivity contribution in [3.8, 4) is 0 Å². The highest BCUT2D eigenvalue weighted by molar-refractivity contribution is 6.39. The average Bonchev–Trinajstić information content (AvgIpc) is 3.20. The summed E-state index contributed by atoms with van der Waals surface area (Å²) in [6.07, 6.45) is 4.06. The van der Waals surface area contributed by atoms with Crippen LogP contribution in [0, 0.1) is 0 Å². The molecule has 2 aromatic carbocycles. The minimum Gasteiger partial charge on any atom is -0.336 e. The Morgan fingerprint density at radius 3 is 2.32 bits per heavy atom. The van der Waals surface area contributed by atoms with Crippen LogP contribution in [0.3, 0.4) is 0 Å². The standard InChI is InChI=1S/C23H22N4O/c1-26(17-18-12-14-24-15-13-18)23(28)21-16-22(19-8-4-2-5-9-19)27(25-21)20-10-6-3-7-11-20/h2-15,22H,16-17H2,1H3. The van der Waals surface area contributed by atoms with Gasteiger partial charge in [-0.25, -0.2) is 0 Å². The Labute approximate surface area is 164 Å². The molecule has 1 aromatic heterocycles. The van der Waals surface area contributed by atoms with Gasteiger partial charge in [-0.1, -0.05) is 48.5 Å². The van der Waals surface area contributed by atoms with Gasteiger partial charge in [0.1, 0.15) is 5.71 Å². The smallest absolute Gasteiger partial charge is 0.270 e. The van der Waals surface area contributed by atoms with Crippen LogP contribution in [-0.2, 0) is 11.3 Å². The number of carbonyl (C=O) groups excluding carboxylic acids is 1. The van der Waals surface area contributed by atoms with Crippen LogP contribution in [0.1, 0.15) is 23.6 Å². The molecule has 4 rings (SSSR count). The summed E-state index contributed by atoms with van der Waals surface area (Å²) >= 11 is 0. The Kier molecular flexibility index (Phi) is 5.15. The number of hydrogen-bond donors (Lipinski definition) is 0. The largest absolute Gasteiger partial charge is 0.336 e. The Balaban J connectivity index is 1.59. The van der Waals surface area contributed by atoms with Gasteiger partial charge in [0.15, 0.2) is 0 Å². The molecular formula is C23H22N4O. The maximum atomic E-state index is 13.1. The normalized spacial score (nSPS) is 16.0. The van der Waals surface area contributed by atoms with Gasteiger partial charge in [-0.05, 0) is 35.4 Å². The number of nitrogens with zero attached hydrogens (tertiary/aromatic N) is 4. The minimum absolute atomic E-state index is 0.0110. The molecule has 1 amide bonds. The second-order valence-corrected chi connectivity index (χ2v) is 6.87. The third-order valence-corrected chi connectivity index (χ3v) is 4.88. The first-order chi connectivity index (χ1) is 13.7. The summed E-state index contributed by atoms with van der Waals surface area (Å²) in [6.45, 7) is 0.529. The molecule has 140 valence electrons. The summed E-state index contributed by atoms with van der Waals surface area (Å²) in [5.74, 6) is -0.0452. The Morgan fingerprint density at radius 1 is 1.00 bits per heavy atom. The average molecular weight is 370 g/mol. The van der Waals surface area contributed by atoms with Crippen molar-refractivity contribution in [3.63, 3.8) is 0 Å². The lowest BCUT2D eigenvalue weighted by molar-refractivity contribution is -0.123. The molecule has 1 unspecified atom stereocenters. The van der Waals surface area contributed by atoms with E-state index in [0.29, 0.717) is 18.7 Å². The van der Waals surface area contributed by atoms with Crippen LogP contribution in [-0.4, -0.2) is 28.6 Å². The molecule has 0 N–H and O–H groups in total. The topological polar surface area (TPSA) is 48.8 Å². The molecule has 0 radical (unpaired) electrons. The maximum absolute atomic E-state index is 13.1. The zero-order chi connectivity index (χ0) is 19.3. The highest BCUT2D eigenvalue weighted by atomic mass is 16.2. The number of hydrazone groups is 1. The molecule has 1 aliphatic rings. The van der Waals surface area contributed by atoms with Gasteiger partial charge in [0, 0.05) is 32.4 Å². The van der Waals surface area contributed by atoms with Crippen LogP contribution in [0.25, 0.3) is 0 Å². The van der Waals surface area contributed by atoms with Crippen molar-refractivity contribution in [3.05, 3.63) is 96.3 Å². The van der Waals surface area contributed by atoms with Gasteiger partial charge in [0.05, 0.1) is 11.7 Å². The fourth-order valence-electron chi connectivity index (χ4n) is 3.45. The predicted octanol–water partition coefficient (Wildman–Crippen LogP) is 4.05. The molecule has 3 aromatic rings. The Morgan fingerprint density at radius 2 is 1.64 bits per heavy atom. The molecule has 1 aliphatic heterocycles. The number of rotatable bonds is 5. The highest BCUT2D eigenvalue weighted by Gasteiger charge is 2.33. The van der Waals surface area contributed by atoms with Gasteiger partial charge in [0.2, 0.25) is 0 Å². The number of carbonyl (C=O) groups is 1. The van der Waals surface area contributed by atoms with Crippen molar-refractivity contribution in [1.29, 1.82) is 0 Å². The van der Waals surface area contributed by atoms with Crippen LogP contribution < -0.4 is 5.01 Å². The van der Waals surface area contributed by atoms with E-state index in [2.05, 4.69) is 17.1 Å². The van der Waals surface area contributed by atoms with E-state index in [1.165, 1.54) is 0 Å². The summed E-state index contributed by atoms with van der Waals surface area (Å²) in [5, 5.41) is 6.69. The SMILES string of the molecule is CN(Cc1ccncc1)C(=O)C1=NN(c2ccccc2)C(c2ccccc2)C1. The van der Waals surface area contributed by atoms with Crippen LogP contribution in [0.4, 0.5) is 5.69 Å². The lowest BCUT2D eigenvalue weighted by Gasteiger charge is -2.23. The van der Waals surface area contributed by atoms with Crippen LogP contribution in [0.5, 0.6) is 0 Å². The molecule has 0 aliphatic carbocycles. The third-order valence-electron chi connectivity index (χ3n) is 4.88. The molecule has 5 heteroatoms. The van der Waals surface area contributed by atoms with E-state index in [-0.39, 0.29) is 11.9 Å². The predicted molar refractivity (Wildman–Crippen MR) is 111 cm³/mol. The van der Waals surface area contributed by atoms with Crippen molar-refractivity contribution in [2.45, 2.75) is 19.0 Å². The van der Waals surface area contributed by atoms with Crippen molar-refractivity contribution in [1.82, 2.24) is 9.88 Å². The van der Waals surface area contributed by atoms with Gasteiger partial charge in [0.25, 0.3) is 5.91 Å². The van der Waals surface area contributed by atoms with E-state index in [4.69, 9.17) is 5.10 Å². The molecule has 5 nitrogen and oxygen atoms in total. The molecule has 0 saturated heterocycles. The summed E-state index contributed by atoms with van der Waals surface area (Å²) < 4.78 is 0. The lowest BCUT2D eigenvalue weighted by Crippen LogP contribution is -2.32. The summed E-state index contributed by atoms with van der Waals surface area (Å²) in [7, 11) is 1.81. The van der Waals surface area contributed by atoms with Crippen LogP contribution >= 0.6 is 0 Å². The third kappa shape index (κ3) is 3.78. The van der Waals surface area contributed by atoms with Crippen molar-refractivity contribution >= 4 is 17.3 Å². The van der Waals surface area contributed by atoms with Crippen molar-refractivity contribution < 1.29 is 4.79 Å². The zero-order valence-electron chi connectivity index (χ0n) is 15.8. The second kappa shape index (κ2) is 8.05. The van der Waals surface area contributed by atoms with Crippen LogP contribution in [0.15, 0.2) is 90.3 Å². The Hall–Kier alpha value is -3.47. The van der Waals surface area contributed by atoms with Gasteiger partial charge in [-0.15, -0.1) is 0 Å². The number of anilines is 1.